The predicted molar refractivity (Wildman–Crippen MR) is 85.3 cm³/mol. The lowest BCUT2D eigenvalue weighted by atomic mass is 9.87. The average Bonchev–Trinajstić information content (AvgIpc) is 2.39. The van der Waals surface area contributed by atoms with Crippen LogP contribution in [0, 0.1) is 5.92 Å². The third-order valence-corrected chi connectivity index (χ3v) is 4.74. The van der Waals surface area contributed by atoms with Crippen LogP contribution in [0.4, 0.5) is 0 Å². The molecule has 4 nitrogen and oxygen atoms in total. The van der Waals surface area contributed by atoms with Crippen molar-refractivity contribution in [1.82, 2.24) is 15.1 Å². The zero-order chi connectivity index (χ0) is 13.8. The Balaban J connectivity index is 0.00000200. The quantitative estimate of drug-likeness (QED) is 0.863. The van der Waals surface area contributed by atoms with E-state index in [4.69, 9.17) is 0 Å². The lowest BCUT2D eigenvalue weighted by Crippen LogP contribution is -2.53. The molecule has 0 aromatic carbocycles. The van der Waals surface area contributed by atoms with Gasteiger partial charge in [-0.15, -0.1) is 12.4 Å². The normalized spacial score (nSPS) is 31.4. The van der Waals surface area contributed by atoms with Gasteiger partial charge in [0.1, 0.15) is 0 Å². The summed E-state index contributed by atoms with van der Waals surface area (Å²) in [7, 11) is 1.99. The van der Waals surface area contributed by atoms with Crippen LogP contribution >= 0.6 is 12.4 Å². The van der Waals surface area contributed by atoms with Crippen LogP contribution in [0.25, 0.3) is 0 Å². The highest BCUT2D eigenvalue weighted by atomic mass is 35.5. The zero-order valence-corrected chi connectivity index (χ0v) is 13.9. The Kier molecular flexibility index (Phi) is 7.27. The fraction of sp³-hybridized carbons (Fsp3) is 0.933. The molecule has 1 amide bonds. The van der Waals surface area contributed by atoms with E-state index in [1.807, 2.05) is 11.9 Å². The smallest absolute Gasteiger partial charge is 0.236 e. The number of hydrogen-bond donors (Lipinski definition) is 1. The van der Waals surface area contributed by atoms with Gasteiger partial charge in [0.2, 0.25) is 5.91 Å². The molecule has 1 aliphatic heterocycles. The molecular formula is C15H30ClN3O. The van der Waals surface area contributed by atoms with Crippen molar-refractivity contribution in [2.24, 2.45) is 5.92 Å². The molecule has 5 heteroatoms. The van der Waals surface area contributed by atoms with Gasteiger partial charge in [0.15, 0.2) is 0 Å². The van der Waals surface area contributed by atoms with Gasteiger partial charge >= 0.3 is 0 Å². The van der Waals surface area contributed by atoms with Crippen LogP contribution < -0.4 is 5.32 Å². The van der Waals surface area contributed by atoms with Crippen LogP contribution in [0.2, 0.25) is 0 Å². The van der Waals surface area contributed by atoms with Gasteiger partial charge in [-0.05, 0) is 38.5 Å². The van der Waals surface area contributed by atoms with Gasteiger partial charge < -0.3 is 10.2 Å². The van der Waals surface area contributed by atoms with E-state index in [1.165, 1.54) is 25.7 Å². The first kappa shape index (κ1) is 17.7. The summed E-state index contributed by atoms with van der Waals surface area (Å²) in [6, 6.07) is 0.978. The van der Waals surface area contributed by atoms with E-state index < -0.39 is 0 Å². The topological polar surface area (TPSA) is 35.6 Å². The van der Waals surface area contributed by atoms with Crippen LogP contribution in [-0.4, -0.2) is 61.0 Å². The molecule has 20 heavy (non-hydrogen) atoms. The predicted octanol–water partition coefficient (Wildman–Crippen LogP) is 1.74. The van der Waals surface area contributed by atoms with Gasteiger partial charge in [-0.25, -0.2) is 0 Å². The molecule has 1 heterocycles. The van der Waals surface area contributed by atoms with Gasteiger partial charge in [0.25, 0.3) is 0 Å². The minimum Gasteiger partial charge on any atom is -0.342 e. The number of rotatable bonds is 3. The van der Waals surface area contributed by atoms with Crippen molar-refractivity contribution >= 4 is 18.3 Å². The lowest BCUT2D eigenvalue weighted by Gasteiger charge is -2.36. The summed E-state index contributed by atoms with van der Waals surface area (Å²) in [5, 5.41) is 3.42. The first-order valence-corrected chi connectivity index (χ1v) is 7.77. The molecule has 0 aromatic heterocycles. The van der Waals surface area contributed by atoms with E-state index in [0.29, 0.717) is 24.5 Å². The van der Waals surface area contributed by atoms with E-state index >= 15 is 0 Å². The molecule has 0 spiro atoms. The maximum Gasteiger partial charge on any atom is 0.236 e. The molecule has 1 saturated heterocycles. The SMILES string of the molecule is CC1CCC(N(C)C(=O)CN2CCNC(C)C2)CC1.Cl. The number of likely N-dealkylation sites (N-methyl/N-ethyl adjacent to an activating group) is 1. The molecule has 1 atom stereocenters. The van der Waals surface area contributed by atoms with Crippen LogP contribution in [0.15, 0.2) is 0 Å². The van der Waals surface area contributed by atoms with Gasteiger partial charge in [-0.3, -0.25) is 9.69 Å². The van der Waals surface area contributed by atoms with E-state index in [2.05, 4.69) is 24.1 Å². The highest BCUT2D eigenvalue weighted by Crippen LogP contribution is 2.26. The molecule has 2 fully saturated rings. The summed E-state index contributed by atoms with van der Waals surface area (Å²) in [4.78, 5) is 16.7. The Bertz CT molecular complexity index is 305. The molecule has 0 bridgehead atoms. The van der Waals surface area contributed by atoms with Crippen LogP contribution in [0.1, 0.15) is 39.5 Å². The summed E-state index contributed by atoms with van der Waals surface area (Å²) in [6.07, 6.45) is 4.91. The Labute approximate surface area is 129 Å². The average molecular weight is 304 g/mol. The number of nitrogens with zero attached hydrogens (tertiary/aromatic N) is 2. The van der Waals surface area contributed by atoms with Crippen LogP contribution in [-0.2, 0) is 4.79 Å². The number of amides is 1. The van der Waals surface area contributed by atoms with E-state index in [-0.39, 0.29) is 12.4 Å². The summed E-state index contributed by atoms with van der Waals surface area (Å²) in [5.74, 6) is 1.14. The van der Waals surface area contributed by atoms with Crippen molar-refractivity contribution in [3.8, 4) is 0 Å². The van der Waals surface area contributed by atoms with Crippen LogP contribution in [0.5, 0.6) is 0 Å². The van der Waals surface area contributed by atoms with Crippen molar-refractivity contribution in [2.75, 3.05) is 33.2 Å². The van der Waals surface area contributed by atoms with Crippen molar-refractivity contribution in [3.05, 3.63) is 0 Å². The first-order valence-electron chi connectivity index (χ1n) is 7.77. The second kappa shape index (κ2) is 8.20. The highest BCUT2D eigenvalue weighted by molar-refractivity contribution is 5.85. The molecule has 2 rings (SSSR count). The number of hydrogen-bond acceptors (Lipinski definition) is 3. The third-order valence-electron chi connectivity index (χ3n) is 4.74. The molecule has 1 unspecified atom stereocenters. The number of halogens is 1. The number of nitrogens with one attached hydrogen (secondary N) is 1. The lowest BCUT2D eigenvalue weighted by molar-refractivity contribution is -0.134. The second-order valence-electron chi connectivity index (χ2n) is 6.51. The maximum atomic E-state index is 12.4. The van der Waals surface area contributed by atoms with Crippen molar-refractivity contribution < 1.29 is 4.79 Å². The molecule has 1 saturated carbocycles. The van der Waals surface area contributed by atoms with Crippen molar-refractivity contribution in [2.45, 2.75) is 51.6 Å². The van der Waals surface area contributed by atoms with Crippen LogP contribution in [0.3, 0.4) is 0 Å². The molecule has 1 aliphatic carbocycles. The Morgan fingerprint density at radius 3 is 2.50 bits per heavy atom. The number of carbonyl (C=O) groups is 1. The maximum absolute atomic E-state index is 12.4. The minimum atomic E-state index is 0. The summed E-state index contributed by atoms with van der Waals surface area (Å²) >= 11 is 0. The largest absolute Gasteiger partial charge is 0.342 e. The summed E-state index contributed by atoms with van der Waals surface area (Å²) in [6.45, 7) is 8.07. The second-order valence-corrected chi connectivity index (χ2v) is 6.51. The molecule has 0 aromatic rings. The van der Waals surface area contributed by atoms with Gasteiger partial charge in [0, 0.05) is 38.8 Å². The molecule has 1 N–H and O–H groups in total. The number of piperazine rings is 1. The van der Waals surface area contributed by atoms with E-state index in [0.717, 1.165) is 25.6 Å². The fourth-order valence-corrected chi connectivity index (χ4v) is 3.29. The Morgan fingerprint density at radius 2 is 1.90 bits per heavy atom. The van der Waals surface area contributed by atoms with Gasteiger partial charge in [-0.2, -0.15) is 0 Å². The zero-order valence-electron chi connectivity index (χ0n) is 13.1. The first-order chi connectivity index (χ1) is 9.06. The summed E-state index contributed by atoms with van der Waals surface area (Å²) in [5.41, 5.74) is 0. The van der Waals surface area contributed by atoms with E-state index in [1.54, 1.807) is 0 Å². The highest BCUT2D eigenvalue weighted by Gasteiger charge is 2.26. The molecule has 2 aliphatic rings. The monoisotopic (exact) mass is 303 g/mol. The fourth-order valence-electron chi connectivity index (χ4n) is 3.29. The standard InChI is InChI=1S/C15H29N3O.ClH/c1-12-4-6-14(7-5-12)17(3)15(19)11-18-9-8-16-13(2)10-18;/h12-14,16H,4-11H2,1-3H3;1H. The van der Waals surface area contributed by atoms with Crippen molar-refractivity contribution in [3.63, 3.8) is 0 Å². The third kappa shape index (κ3) is 4.90. The number of carbonyl (C=O) groups excluding carboxylic acids is 1. The van der Waals surface area contributed by atoms with Crippen molar-refractivity contribution in [1.29, 1.82) is 0 Å². The van der Waals surface area contributed by atoms with Gasteiger partial charge in [-0.1, -0.05) is 6.92 Å². The Hall–Kier alpha value is -0.320. The van der Waals surface area contributed by atoms with Gasteiger partial charge in [0.05, 0.1) is 6.54 Å². The summed E-state index contributed by atoms with van der Waals surface area (Å²) < 4.78 is 0. The van der Waals surface area contributed by atoms with E-state index in [9.17, 15) is 4.79 Å². The molecular weight excluding hydrogens is 274 g/mol. The molecule has 118 valence electrons. The Morgan fingerprint density at radius 1 is 1.25 bits per heavy atom. The molecule has 0 radical (unpaired) electrons. The minimum absolute atomic E-state index is 0.